The van der Waals surface area contributed by atoms with E-state index in [1.807, 2.05) is 24.3 Å². The molecule has 0 amide bonds. The summed E-state index contributed by atoms with van der Waals surface area (Å²) in [5, 5.41) is 12.7. The van der Waals surface area contributed by atoms with Gasteiger partial charge in [-0.2, -0.15) is 0 Å². The molecule has 2 N–H and O–H groups in total. The quantitative estimate of drug-likeness (QED) is 0.874. The summed E-state index contributed by atoms with van der Waals surface area (Å²) in [6.45, 7) is 2.21. The van der Waals surface area contributed by atoms with Crippen molar-refractivity contribution in [1.82, 2.24) is 0 Å². The van der Waals surface area contributed by atoms with Crippen LogP contribution >= 0.6 is 15.9 Å². The first-order valence-electron chi connectivity index (χ1n) is 6.82. The number of benzene rings is 1. The summed E-state index contributed by atoms with van der Waals surface area (Å²) >= 11 is 3.45. The number of hydrogen-bond donors (Lipinski definition) is 2. The van der Waals surface area contributed by atoms with Gasteiger partial charge in [0.2, 0.25) is 0 Å². The number of rotatable bonds is 4. The largest absolute Gasteiger partial charge is 0.480 e. The van der Waals surface area contributed by atoms with Gasteiger partial charge in [0.1, 0.15) is 6.04 Å². The molecule has 0 aliphatic heterocycles. The van der Waals surface area contributed by atoms with Crippen molar-refractivity contribution < 1.29 is 9.90 Å². The number of hydrogen-bond acceptors (Lipinski definition) is 2. The second kappa shape index (κ2) is 6.42. The Morgan fingerprint density at radius 3 is 2.79 bits per heavy atom. The summed E-state index contributed by atoms with van der Waals surface area (Å²) < 4.78 is 0.908. The number of nitrogens with one attached hydrogen (secondary N) is 1. The van der Waals surface area contributed by atoms with Crippen molar-refractivity contribution in [3.63, 3.8) is 0 Å². The Morgan fingerprint density at radius 2 is 2.16 bits per heavy atom. The number of anilines is 1. The van der Waals surface area contributed by atoms with Gasteiger partial charge in [-0.05, 0) is 52.7 Å². The van der Waals surface area contributed by atoms with Crippen molar-refractivity contribution in [3.05, 3.63) is 28.7 Å². The summed E-state index contributed by atoms with van der Waals surface area (Å²) in [5.41, 5.74) is 0.855. The Bertz CT molecular complexity index is 450. The van der Waals surface area contributed by atoms with Crippen LogP contribution in [-0.4, -0.2) is 17.1 Å². The molecule has 1 fully saturated rings. The van der Waals surface area contributed by atoms with E-state index in [4.69, 9.17) is 0 Å². The van der Waals surface area contributed by atoms with Gasteiger partial charge < -0.3 is 10.4 Å². The molecule has 1 aromatic rings. The highest BCUT2D eigenvalue weighted by Gasteiger charge is 2.31. The fraction of sp³-hybridized carbons (Fsp3) is 0.533. The van der Waals surface area contributed by atoms with E-state index in [1.165, 1.54) is 6.42 Å². The Balaban J connectivity index is 2.12. The molecule has 0 heterocycles. The highest BCUT2D eigenvalue weighted by atomic mass is 79.9. The van der Waals surface area contributed by atoms with E-state index in [0.29, 0.717) is 5.92 Å². The molecule has 0 bridgehead atoms. The lowest BCUT2D eigenvalue weighted by Gasteiger charge is -2.32. The van der Waals surface area contributed by atoms with Crippen molar-refractivity contribution in [2.75, 3.05) is 5.32 Å². The van der Waals surface area contributed by atoms with Gasteiger partial charge in [0.25, 0.3) is 0 Å². The van der Waals surface area contributed by atoms with Gasteiger partial charge in [-0.1, -0.05) is 31.9 Å². The van der Waals surface area contributed by atoms with E-state index >= 15 is 0 Å². The van der Waals surface area contributed by atoms with Crippen molar-refractivity contribution in [1.29, 1.82) is 0 Å². The molecule has 3 atom stereocenters. The molecule has 1 saturated carbocycles. The van der Waals surface area contributed by atoms with Crippen molar-refractivity contribution >= 4 is 27.6 Å². The molecule has 19 heavy (non-hydrogen) atoms. The molecule has 1 aliphatic carbocycles. The average Bonchev–Trinajstić information content (AvgIpc) is 2.37. The van der Waals surface area contributed by atoms with Crippen LogP contribution in [-0.2, 0) is 4.79 Å². The van der Waals surface area contributed by atoms with Crippen LogP contribution in [0.3, 0.4) is 0 Å². The van der Waals surface area contributed by atoms with Gasteiger partial charge >= 0.3 is 5.97 Å². The van der Waals surface area contributed by atoms with Gasteiger partial charge in [-0.15, -0.1) is 0 Å². The molecule has 1 aromatic carbocycles. The molecule has 3 nitrogen and oxygen atoms in total. The van der Waals surface area contributed by atoms with Crippen molar-refractivity contribution in [3.8, 4) is 0 Å². The van der Waals surface area contributed by atoms with E-state index in [2.05, 4.69) is 28.2 Å². The van der Waals surface area contributed by atoms with Gasteiger partial charge in [-0.25, -0.2) is 4.79 Å². The predicted molar refractivity (Wildman–Crippen MR) is 80.3 cm³/mol. The third-order valence-electron chi connectivity index (χ3n) is 3.90. The second-order valence-electron chi connectivity index (χ2n) is 5.47. The first kappa shape index (κ1) is 14.4. The molecule has 0 radical (unpaired) electrons. The smallest absolute Gasteiger partial charge is 0.326 e. The number of para-hydroxylation sites is 1. The zero-order chi connectivity index (χ0) is 13.8. The molecule has 1 aliphatic rings. The molecule has 3 unspecified atom stereocenters. The Kier molecular flexibility index (Phi) is 4.86. The third-order valence-corrected chi connectivity index (χ3v) is 4.59. The number of carboxylic acid groups (broad SMARTS) is 1. The average molecular weight is 326 g/mol. The number of carboxylic acids is 1. The van der Waals surface area contributed by atoms with Gasteiger partial charge in [0.05, 0.1) is 0 Å². The minimum Gasteiger partial charge on any atom is -0.480 e. The SMILES string of the molecule is CC1CCCC(C(Nc2ccccc2Br)C(=O)O)C1. The summed E-state index contributed by atoms with van der Waals surface area (Å²) in [6.07, 6.45) is 4.35. The van der Waals surface area contributed by atoms with Crippen molar-refractivity contribution in [2.24, 2.45) is 11.8 Å². The minimum absolute atomic E-state index is 0.216. The Morgan fingerprint density at radius 1 is 1.42 bits per heavy atom. The van der Waals surface area contributed by atoms with Crippen LogP contribution in [0.15, 0.2) is 28.7 Å². The van der Waals surface area contributed by atoms with E-state index in [0.717, 1.165) is 29.4 Å². The standard InChI is InChI=1S/C15H20BrNO2/c1-10-5-4-6-11(9-10)14(15(18)19)17-13-8-3-2-7-12(13)16/h2-3,7-8,10-11,14,17H,4-6,9H2,1H3,(H,18,19). The van der Waals surface area contributed by atoms with E-state index in [9.17, 15) is 9.90 Å². The summed E-state index contributed by atoms with van der Waals surface area (Å²) in [5.74, 6) is 0.0878. The van der Waals surface area contributed by atoms with E-state index < -0.39 is 12.0 Å². The van der Waals surface area contributed by atoms with Gasteiger partial charge in [0, 0.05) is 10.2 Å². The minimum atomic E-state index is -0.755. The number of halogens is 1. The molecule has 4 heteroatoms. The van der Waals surface area contributed by atoms with Crippen LogP contribution in [0.1, 0.15) is 32.6 Å². The molecule has 104 valence electrons. The molecule has 0 saturated heterocycles. The maximum Gasteiger partial charge on any atom is 0.326 e. The van der Waals surface area contributed by atoms with Crippen LogP contribution in [0, 0.1) is 11.8 Å². The topological polar surface area (TPSA) is 49.3 Å². The Labute approximate surface area is 122 Å². The van der Waals surface area contributed by atoms with Gasteiger partial charge in [0.15, 0.2) is 0 Å². The lowest BCUT2D eigenvalue weighted by Crippen LogP contribution is -2.39. The second-order valence-corrected chi connectivity index (χ2v) is 6.33. The maximum absolute atomic E-state index is 11.5. The Hall–Kier alpha value is -1.03. The third kappa shape index (κ3) is 3.72. The predicted octanol–water partition coefficient (Wildman–Crippen LogP) is 4.14. The zero-order valence-electron chi connectivity index (χ0n) is 11.1. The van der Waals surface area contributed by atoms with Crippen LogP contribution in [0.4, 0.5) is 5.69 Å². The molecular weight excluding hydrogens is 306 g/mol. The first-order valence-corrected chi connectivity index (χ1v) is 7.61. The molecule has 0 spiro atoms. The lowest BCUT2D eigenvalue weighted by molar-refractivity contribution is -0.139. The van der Waals surface area contributed by atoms with Gasteiger partial charge in [-0.3, -0.25) is 0 Å². The van der Waals surface area contributed by atoms with Crippen LogP contribution in [0.5, 0.6) is 0 Å². The highest BCUT2D eigenvalue weighted by Crippen LogP contribution is 2.33. The lowest BCUT2D eigenvalue weighted by atomic mass is 9.78. The first-order chi connectivity index (χ1) is 9.08. The molecule has 2 rings (SSSR count). The highest BCUT2D eigenvalue weighted by molar-refractivity contribution is 9.10. The zero-order valence-corrected chi connectivity index (χ0v) is 12.7. The fourth-order valence-corrected chi connectivity index (χ4v) is 3.31. The molecular formula is C15H20BrNO2. The monoisotopic (exact) mass is 325 g/mol. The maximum atomic E-state index is 11.5. The summed E-state index contributed by atoms with van der Waals surface area (Å²) in [4.78, 5) is 11.5. The van der Waals surface area contributed by atoms with E-state index in [-0.39, 0.29) is 5.92 Å². The normalized spacial score (nSPS) is 24.7. The van der Waals surface area contributed by atoms with Crippen molar-refractivity contribution in [2.45, 2.75) is 38.6 Å². The van der Waals surface area contributed by atoms with E-state index in [1.54, 1.807) is 0 Å². The molecule has 0 aromatic heterocycles. The number of aliphatic carboxylic acids is 1. The van der Waals surface area contributed by atoms with Crippen LogP contribution < -0.4 is 5.32 Å². The summed E-state index contributed by atoms with van der Waals surface area (Å²) in [7, 11) is 0. The fourth-order valence-electron chi connectivity index (χ4n) is 2.91. The summed E-state index contributed by atoms with van der Waals surface area (Å²) in [6, 6.07) is 7.17. The number of carbonyl (C=O) groups is 1. The van der Waals surface area contributed by atoms with Crippen LogP contribution in [0.2, 0.25) is 0 Å². The van der Waals surface area contributed by atoms with Crippen LogP contribution in [0.25, 0.3) is 0 Å².